The van der Waals surface area contributed by atoms with Crippen molar-refractivity contribution in [3.63, 3.8) is 0 Å². The summed E-state index contributed by atoms with van der Waals surface area (Å²) in [6, 6.07) is 10.5. The van der Waals surface area contributed by atoms with E-state index in [9.17, 15) is 0 Å². The molecule has 0 spiro atoms. The van der Waals surface area contributed by atoms with E-state index >= 15 is 0 Å². The second kappa shape index (κ2) is 5.97. The Labute approximate surface area is 124 Å². The van der Waals surface area contributed by atoms with Crippen molar-refractivity contribution in [3.8, 4) is 0 Å². The summed E-state index contributed by atoms with van der Waals surface area (Å²) in [5.74, 6) is 7.13. The van der Waals surface area contributed by atoms with Crippen molar-refractivity contribution in [2.75, 3.05) is 41.4 Å². The molecule has 6 nitrogen and oxygen atoms in total. The van der Waals surface area contributed by atoms with Crippen molar-refractivity contribution in [1.29, 1.82) is 0 Å². The molecule has 110 valence electrons. The highest BCUT2D eigenvalue weighted by Crippen LogP contribution is 2.24. The maximum absolute atomic E-state index is 5.48. The number of hydrogen-bond donors (Lipinski definition) is 2. The maximum atomic E-state index is 5.48. The van der Waals surface area contributed by atoms with E-state index in [1.807, 2.05) is 13.0 Å². The lowest BCUT2D eigenvalue weighted by atomic mass is 10.2. The number of nitrogen functional groups attached to an aromatic ring is 1. The molecule has 1 aromatic heterocycles. The smallest absolute Gasteiger partial charge is 0.148 e. The first-order valence-corrected chi connectivity index (χ1v) is 7.13. The van der Waals surface area contributed by atoms with Crippen molar-refractivity contribution in [1.82, 2.24) is 9.97 Å². The van der Waals surface area contributed by atoms with Gasteiger partial charge in [-0.2, -0.15) is 0 Å². The summed E-state index contributed by atoms with van der Waals surface area (Å²) in [6.07, 6.45) is 1.56. The van der Waals surface area contributed by atoms with Crippen LogP contribution in [0.15, 0.2) is 36.7 Å². The third kappa shape index (κ3) is 2.75. The number of piperazine rings is 1. The minimum absolute atomic E-state index is 0.686. The predicted octanol–water partition coefficient (Wildman–Crippen LogP) is 1.40. The lowest BCUT2D eigenvalue weighted by Crippen LogP contribution is -2.47. The Morgan fingerprint density at radius 3 is 2.33 bits per heavy atom. The van der Waals surface area contributed by atoms with Crippen LogP contribution in [0.2, 0.25) is 0 Å². The molecule has 0 aliphatic carbocycles. The Morgan fingerprint density at radius 2 is 1.67 bits per heavy atom. The van der Waals surface area contributed by atoms with E-state index in [2.05, 4.69) is 49.5 Å². The van der Waals surface area contributed by atoms with Crippen molar-refractivity contribution >= 4 is 17.3 Å². The van der Waals surface area contributed by atoms with Gasteiger partial charge in [0.15, 0.2) is 0 Å². The van der Waals surface area contributed by atoms with Crippen LogP contribution in [0.1, 0.15) is 5.56 Å². The van der Waals surface area contributed by atoms with E-state index < -0.39 is 0 Å². The number of anilines is 3. The molecule has 1 saturated heterocycles. The molecule has 0 radical (unpaired) electrons. The van der Waals surface area contributed by atoms with Crippen molar-refractivity contribution in [3.05, 3.63) is 42.2 Å². The van der Waals surface area contributed by atoms with Gasteiger partial charge in [-0.1, -0.05) is 18.2 Å². The average molecular weight is 284 g/mol. The van der Waals surface area contributed by atoms with Crippen LogP contribution in [0.3, 0.4) is 0 Å². The molecular weight excluding hydrogens is 264 g/mol. The molecule has 1 aliphatic rings. The lowest BCUT2D eigenvalue weighted by Gasteiger charge is -2.37. The molecule has 2 heterocycles. The van der Waals surface area contributed by atoms with E-state index in [1.54, 1.807) is 6.33 Å². The van der Waals surface area contributed by atoms with Gasteiger partial charge in [-0.15, -0.1) is 0 Å². The van der Waals surface area contributed by atoms with Gasteiger partial charge in [-0.25, -0.2) is 15.8 Å². The van der Waals surface area contributed by atoms with Gasteiger partial charge in [-0.05, 0) is 19.1 Å². The summed E-state index contributed by atoms with van der Waals surface area (Å²) in [7, 11) is 0. The zero-order chi connectivity index (χ0) is 14.7. The third-order valence-electron chi connectivity index (χ3n) is 3.89. The summed E-state index contributed by atoms with van der Waals surface area (Å²) < 4.78 is 0. The molecule has 2 aromatic rings. The van der Waals surface area contributed by atoms with E-state index in [0.29, 0.717) is 5.82 Å². The van der Waals surface area contributed by atoms with Gasteiger partial charge in [0.2, 0.25) is 0 Å². The van der Waals surface area contributed by atoms with Gasteiger partial charge in [0.1, 0.15) is 18.0 Å². The molecule has 0 amide bonds. The second-order valence-corrected chi connectivity index (χ2v) is 5.12. The molecule has 6 heteroatoms. The van der Waals surface area contributed by atoms with Crippen LogP contribution in [0.5, 0.6) is 0 Å². The monoisotopic (exact) mass is 284 g/mol. The first kappa shape index (κ1) is 13.6. The molecule has 0 bridgehead atoms. The van der Waals surface area contributed by atoms with Gasteiger partial charge in [0, 0.05) is 37.4 Å². The summed E-state index contributed by atoms with van der Waals surface area (Å²) in [5.41, 5.74) is 4.89. The van der Waals surface area contributed by atoms with Crippen LogP contribution < -0.4 is 21.1 Å². The van der Waals surface area contributed by atoms with Crippen molar-refractivity contribution < 1.29 is 0 Å². The number of benzene rings is 1. The second-order valence-electron chi connectivity index (χ2n) is 5.12. The average Bonchev–Trinajstić information content (AvgIpc) is 2.56. The van der Waals surface area contributed by atoms with Gasteiger partial charge in [-0.3, -0.25) is 0 Å². The number of aromatic nitrogens is 2. The molecule has 0 saturated carbocycles. The summed E-state index contributed by atoms with van der Waals surface area (Å²) in [5, 5.41) is 0. The van der Waals surface area contributed by atoms with Crippen LogP contribution in [0.25, 0.3) is 0 Å². The molecule has 1 fully saturated rings. The zero-order valence-electron chi connectivity index (χ0n) is 12.2. The van der Waals surface area contributed by atoms with E-state index in [1.165, 1.54) is 5.69 Å². The van der Waals surface area contributed by atoms with Gasteiger partial charge >= 0.3 is 0 Å². The number of para-hydroxylation sites is 1. The Morgan fingerprint density at radius 1 is 1.00 bits per heavy atom. The van der Waals surface area contributed by atoms with E-state index in [-0.39, 0.29) is 0 Å². The molecular formula is C15H20N6. The van der Waals surface area contributed by atoms with Crippen LogP contribution in [0.4, 0.5) is 17.3 Å². The van der Waals surface area contributed by atoms with E-state index in [4.69, 9.17) is 5.84 Å². The molecule has 0 unspecified atom stereocenters. The Hall–Kier alpha value is -2.34. The standard InChI is InChI=1S/C15H20N6/c1-12-14(19-16)17-11-18-15(12)21-9-7-20(8-10-21)13-5-3-2-4-6-13/h2-6,11H,7-10,16H2,1H3,(H,17,18,19). The number of nitrogens with two attached hydrogens (primary N) is 1. The van der Waals surface area contributed by atoms with Gasteiger partial charge in [0.05, 0.1) is 0 Å². The Bertz CT molecular complexity index is 592. The third-order valence-corrected chi connectivity index (χ3v) is 3.89. The quantitative estimate of drug-likeness (QED) is 0.656. The minimum Gasteiger partial charge on any atom is -0.368 e. The topological polar surface area (TPSA) is 70.3 Å². The molecule has 1 aromatic carbocycles. The number of hydrogen-bond acceptors (Lipinski definition) is 6. The highest BCUT2D eigenvalue weighted by molar-refractivity contribution is 5.58. The number of nitrogens with zero attached hydrogens (tertiary/aromatic N) is 4. The predicted molar refractivity (Wildman–Crippen MR) is 85.4 cm³/mol. The van der Waals surface area contributed by atoms with Crippen molar-refractivity contribution in [2.24, 2.45) is 5.84 Å². The Balaban J connectivity index is 1.72. The molecule has 3 rings (SSSR count). The molecule has 21 heavy (non-hydrogen) atoms. The fourth-order valence-corrected chi connectivity index (χ4v) is 2.72. The van der Waals surface area contributed by atoms with Crippen LogP contribution >= 0.6 is 0 Å². The molecule has 0 atom stereocenters. The zero-order valence-corrected chi connectivity index (χ0v) is 12.2. The SMILES string of the molecule is Cc1c(NN)ncnc1N1CCN(c2ccccc2)CC1. The van der Waals surface area contributed by atoms with Crippen molar-refractivity contribution in [2.45, 2.75) is 6.92 Å². The van der Waals surface area contributed by atoms with Crippen LogP contribution in [0, 0.1) is 6.92 Å². The summed E-state index contributed by atoms with van der Waals surface area (Å²) in [6.45, 7) is 5.85. The minimum atomic E-state index is 0.686. The first-order chi connectivity index (χ1) is 10.3. The number of hydrazine groups is 1. The lowest BCUT2D eigenvalue weighted by molar-refractivity contribution is 0.645. The summed E-state index contributed by atoms with van der Waals surface area (Å²) >= 11 is 0. The highest BCUT2D eigenvalue weighted by atomic mass is 15.3. The fraction of sp³-hybridized carbons (Fsp3) is 0.333. The van der Waals surface area contributed by atoms with Gasteiger partial charge < -0.3 is 15.2 Å². The summed E-state index contributed by atoms with van der Waals surface area (Å²) in [4.78, 5) is 13.2. The normalized spacial score (nSPS) is 15.1. The highest BCUT2D eigenvalue weighted by Gasteiger charge is 2.20. The molecule has 1 aliphatic heterocycles. The van der Waals surface area contributed by atoms with Gasteiger partial charge in [0.25, 0.3) is 0 Å². The van der Waals surface area contributed by atoms with E-state index in [0.717, 1.165) is 37.6 Å². The first-order valence-electron chi connectivity index (χ1n) is 7.13. The molecule has 3 N–H and O–H groups in total. The van der Waals surface area contributed by atoms with Crippen LogP contribution in [-0.4, -0.2) is 36.1 Å². The number of nitrogens with one attached hydrogen (secondary N) is 1. The van der Waals surface area contributed by atoms with Crippen LogP contribution in [-0.2, 0) is 0 Å². The number of rotatable bonds is 3. The Kier molecular flexibility index (Phi) is 3.87. The largest absolute Gasteiger partial charge is 0.368 e. The maximum Gasteiger partial charge on any atom is 0.148 e. The fourth-order valence-electron chi connectivity index (χ4n) is 2.72.